The number of hydrogen-bond acceptors (Lipinski definition) is 3. The molecule has 2 rings (SSSR count). The molecule has 0 radical (unpaired) electrons. The number of carboxylic acid groups (broad SMARTS) is 1. The predicted molar refractivity (Wildman–Crippen MR) is 76.3 cm³/mol. The van der Waals surface area contributed by atoms with E-state index in [-0.39, 0.29) is 18.4 Å². The summed E-state index contributed by atoms with van der Waals surface area (Å²) >= 11 is 0. The number of carboxylic acids is 1. The minimum atomic E-state index is -0.758. The lowest BCUT2D eigenvalue weighted by Crippen LogP contribution is -2.48. The van der Waals surface area contributed by atoms with Crippen molar-refractivity contribution in [1.82, 2.24) is 10.6 Å². The fourth-order valence-corrected chi connectivity index (χ4v) is 3.26. The molecule has 1 aliphatic heterocycles. The van der Waals surface area contributed by atoms with Gasteiger partial charge < -0.3 is 15.7 Å². The number of aliphatic carboxylic acids is 1. The van der Waals surface area contributed by atoms with Gasteiger partial charge in [0, 0.05) is 13.1 Å². The summed E-state index contributed by atoms with van der Waals surface area (Å²) in [4.78, 5) is 23.7. The molecule has 1 saturated heterocycles. The molecule has 1 amide bonds. The molecule has 0 unspecified atom stereocenters. The van der Waals surface area contributed by atoms with E-state index < -0.39 is 11.4 Å². The van der Waals surface area contributed by atoms with Crippen LogP contribution >= 0.6 is 0 Å². The third-order valence-corrected chi connectivity index (χ3v) is 4.95. The number of rotatable bonds is 4. The van der Waals surface area contributed by atoms with Gasteiger partial charge in [0.1, 0.15) is 0 Å². The van der Waals surface area contributed by atoms with Crippen LogP contribution in [0, 0.1) is 17.3 Å². The number of piperidine rings is 1. The smallest absolute Gasteiger partial charge is 0.311 e. The van der Waals surface area contributed by atoms with E-state index in [1.807, 2.05) is 0 Å². The minimum Gasteiger partial charge on any atom is -0.481 e. The standard InChI is InChI=1S/C15H26N2O3/c1-11-4-6-15(7-5-11,14(19)20)10-17-13(18)12-3-2-8-16-9-12/h11-12,16H,2-10H2,1H3,(H,17,18)(H,19,20)/t11?,12-,15?/m0/s1. The van der Waals surface area contributed by atoms with Crippen molar-refractivity contribution in [3.63, 3.8) is 0 Å². The van der Waals surface area contributed by atoms with Gasteiger partial charge in [0.2, 0.25) is 5.91 Å². The highest BCUT2D eigenvalue weighted by molar-refractivity contribution is 5.81. The topological polar surface area (TPSA) is 78.4 Å². The number of carbonyl (C=O) groups excluding carboxylic acids is 1. The van der Waals surface area contributed by atoms with Gasteiger partial charge in [-0.2, -0.15) is 0 Å². The number of nitrogens with one attached hydrogen (secondary N) is 2. The van der Waals surface area contributed by atoms with E-state index in [1.165, 1.54) is 0 Å². The van der Waals surface area contributed by atoms with Crippen LogP contribution in [-0.4, -0.2) is 36.6 Å². The Kier molecular flexibility index (Phi) is 5.02. The van der Waals surface area contributed by atoms with E-state index >= 15 is 0 Å². The molecule has 1 saturated carbocycles. The molecular formula is C15H26N2O3. The first-order valence-electron chi connectivity index (χ1n) is 7.75. The van der Waals surface area contributed by atoms with Crippen LogP contribution in [0.2, 0.25) is 0 Å². The predicted octanol–water partition coefficient (Wildman–Crippen LogP) is 1.38. The molecule has 1 atom stereocenters. The molecule has 5 nitrogen and oxygen atoms in total. The van der Waals surface area contributed by atoms with Crippen LogP contribution in [0.15, 0.2) is 0 Å². The third kappa shape index (κ3) is 3.51. The van der Waals surface area contributed by atoms with Crippen molar-refractivity contribution in [3.05, 3.63) is 0 Å². The Morgan fingerprint density at radius 1 is 1.30 bits per heavy atom. The van der Waals surface area contributed by atoms with Crippen LogP contribution < -0.4 is 10.6 Å². The Morgan fingerprint density at radius 3 is 2.55 bits per heavy atom. The lowest BCUT2D eigenvalue weighted by atomic mass is 9.70. The fraction of sp³-hybridized carbons (Fsp3) is 0.867. The summed E-state index contributed by atoms with van der Waals surface area (Å²) in [5.41, 5.74) is -0.746. The zero-order valence-corrected chi connectivity index (χ0v) is 12.3. The molecule has 0 aromatic heterocycles. The highest BCUT2D eigenvalue weighted by Crippen LogP contribution is 2.38. The van der Waals surface area contributed by atoms with Crippen molar-refractivity contribution in [1.29, 1.82) is 0 Å². The number of hydrogen-bond donors (Lipinski definition) is 3. The fourth-order valence-electron chi connectivity index (χ4n) is 3.26. The van der Waals surface area contributed by atoms with Crippen molar-refractivity contribution in [3.8, 4) is 0 Å². The molecule has 3 N–H and O–H groups in total. The largest absolute Gasteiger partial charge is 0.481 e. The van der Waals surface area contributed by atoms with Crippen molar-refractivity contribution >= 4 is 11.9 Å². The van der Waals surface area contributed by atoms with E-state index in [4.69, 9.17) is 0 Å². The van der Waals surface area contributed by atoms with E-state index in [9.17, 15) is 14.7 Å². The quantitative estimate of drug-likeness (QED) is 0.728. The van der Waals surface area contributed by atoms with Crippen LogP contribution in [-0.2, 0) is 9.59 Å². The van der Waals surface area contributed by atoms with Crippen molar-refractivity contribution in [2.24, 2.45) is 17.3 Å². The molecule has 114 valence electrons. The second kappa shape index (κ2) is 6.57. The maximum Gasteiger partial charge on any atom is 0.311 e. The summed E-state index contributed by atoms with van der Waals surface area (Å²) in [6, 6.07) is 0. The second-order valence-corrected chi connectivity index (χ2v) is 6.53. The molecule has 20 heavy (non-hydrogen) atoms. The van der Waals surface area contributed by atoms with Gasteiger partial charge in [0.05, 0.1) is 11.3 Å². The Labute approximate surface area is 120 Å². The maximum atomic E-state index is 12.1. The summed E-state index contributed by atoms with van der Waals surface area (Å²) in [6.45, 7) is 4.13. The molecule has 0 aromatic rings. The highest BCUT2D eigenvalue weighted by atomic mass is 16.4. The first-order chi connectivity index (χ1) is 9.53. The SMILES string of the molecule is CC1CCC(CNC(=O)[C@H]2CCCNC2)(C(=O)O)CC1. The average Bonchev–Trinajstić information content (AvgIpc) is 2.47. The van der Waals surface area contributed by atoms with E-state index in [2.05, 4.69) is 17.6 Å². The van der Waals surface area contributed by atoms with E-state index in [0.717, 1.165) is 32.2 Å². The normalized spacial score (nSPS) is 34.5. The lowest BCUT2D eigenvalue weighted by molar-refractivity contribution is -0.151. The van der Waals surface area contributed by atoms with Crippen LogP contribution in [0.3, 0.4) is 0 Å². The Morgan fingerprint density at radius 2 is 2.00 bits per heavy atom. The van der Waals surface area contributed by atoms with Gasteiger partial charge in [-0.25, -0.2) is 0 Å². The van der Waals surface area contributed by atoms with Gasteiger partial charge >= 0.3 is 5.97 Å². The summed E-state index contributed by atoms with van der Waals surface area (Å²) in [5.74, 6) is -0.152. The second-order valence-electron chi connectivity index (χ2n) is 6.53. The first-order valence-corrected chi connectivity index (χ1v) is 7.75. The Bertz CT molecular complexity index is 356. The number of carbonyl (C=O) groups is 2. The zero-order chi connectivity index (χ0) is 14.6. The monoisotopic (exact) mass is 282 g/mol. The summed E-state index contributed by atoms with van der Waals surface area (Å²) in [6.07, 6.45) is 5.13. The summed E-state index contributed by atoms with van der Waals surface area (Å²) < 4.78 is 0. The highest BCUT2D eigenvalue weighted by Gasteiger charge is 2.41. The van der Waals surface area contributed by atoms with Crippen LogP contribution in [0.5, 0.6) is 0 Å². The van der Waals surface area contributed by atoms with E-state index in [0.29, 0.717) is 25.3 Å². The van der Waals surface area contributed by atoms with Gasteiger partial charge in [-0.1, -0.05) is 6.92 Å². The minimum absolute atomic E-state index is 0.00268. The molecule has 1 heterocycles. The molecular weight excluding hydrogens is 256 g/mol. The van der Waals surface area contributed by atoms with Crippen LogP contribution in [0.4, 0.5) is 0 Å². The lowest BCUT2D eigenvalue weighted by Gasteiger charge is -2.36. The molecule has 5 heteroatoms. The molecule has 0 aromatic carbocycles. The molecule has 1 aliphatic carbocycles. The van der Waals surface area contributed by atoms with Gasteiger partial charge in [-0.15, -0.1) is 0 Å². The van der Waals surface area contributed by atoms with Crippen molar-refractivity contribution < 1.29 is 14.7 Å². The number of amides is 1. The van der Waals surface area contributed by atoms with Crippen LogP contribution in [0.25, 0.3) is 0 Å². The van der Waals surface area contributed by atoms with Crippen molar-refractivity contribution in [2.75, 3.05) is 19.6 Å². The van der Waals surface area contributed by atoms with Gasteiger partial charge in [-0.3, -0.25) is 9.59 Å². The molecule has 2 aliphatic rings. The Hall–Kier alpha value is -1.10. The van der Waals surface area contributed by atoms with Crippen LogP contribution in [0.1, 0.15) is 45.4 Å². The van der Waals surface area contributed by atoms with E-state index in [1.54, 1.807) is 0 Å². The maximum absolute atomic E-state index is 12.1. The van der Waals surface area contributed by atoms with Crippen molar-refractivity contribution in [2.45, 2.75) is 45.4 Å². The van der Waals surface area contributed by atoms with Gasteiger partial charge in [0.25, 0.3) is 0 Å². The third-order valence-electron chi connectivity index (χ3n) is 4.95. The van der Waals surface area contributed by atoms with Gasteiger partial charge in [0.15, 0.2) is 0 Å². The Balaban J connectivity index is 1.89. The summed E-state index contributed by atoms with van der Waals surface area (Å²) in [7, 11) is 0. The zero-order valence-electron chi connectivity index (χ0n) is 12.3. The first kappa shape index (κ1) is 15.3. The molecule has 0 bridgehead atoms. The molecule has 0 spiro atoms. The summed E-state index contributed by atoms with van der Waals surface area (Å²) in [5, 5.41) is 15.6. The molecule has 2 fully saturated rings. The average molecular weight is 282 g/mol. The van der Waals surface area contributed by atoms with Gasteiger partial charge in [-0.05, 0) is 51.0 Å².